The van der Waals surface area contributed by atoms with E-state index < -0.39 is 11.9 Å². The first kappa shape index (κ1) is 14.2. The molecule has 2 rings (SSSR count). The highest BCUT2D eigenvalue weighted by Gasteiger charge is 2.14. The standard InChI is InChI=1S/C12H8Cl2N4O2/c13-7-2-3-8(9(14)6-7)10(19)17-12(20)18-11-15-4-1-5-16-11/h1-6H,(H2,15,16,17,18,19,20). The van der Waals surface area contributed by atoms with E-state index in [4.69, 9.17) is 23.2 Å². The molecule has 0 radical (unpaired) electrons. The Kier molecular flexibility index (Phi) is 4.49. The number of carbonyl (C=O) groups is 2. The molecular weight excluding hydrogens is 303 g/mol. The van der Waals surface area contributed by atoms with Crippen LogP contribution in [-0.4, -0.2) is 21.9 Å². The van der Waals surface area contributed by atoms with Gasteiger partial charge in [-0.3, -0.25) is 15.4 Å². The number of carbonyl (C=O) groups excluding carboxylic acids is 2. The molecule has 102 valence electrons. The molecule has 2 aromatic rings. The van der Waals surface area contributed by atoms with Crippen LogP contribution in [0.1, 0.15) is 10.4 Å². The molecule has 0 aliphatic heterocycles. The molecule has 0 atom stereocenters. The van der Waals surface area contributed by atoms with Crippen LogP contribution in [0.3, 0.4) is 0 Å². The van der Waals surface area contributed by atoms with Gasteiger partial charge in [-0.1, -0.05) is 23.2 Å². The molecule has 1 aromatic heterocycles. The smallest absolute Gasteiger partial charge is 0.276 e. The van der Waals surface area contributed by atoms with Crippen LogP contribution in [0.5, 0.6) is 0 Å². The van der Waals surface area contributed by atoms with Crippen molar-refractivity contribution in [2.45, 2.75) is 0 Å². The number of benzene rings is 1. The predicted molar refractivity (Wildman–Crippen MR) is 75.0 cm³/mol. The van der Waals surface area contributed by atoms with Gasteiger partial charge < -0.3 is 0 Å². The molecule has 0 fully saturated rings. The van der Waals surface area contributed by atoms with Gasteiger partial charge in [0.05, 0.1) is 10.6 Å². The molecule has 0 aliphatic rings. The van der Waals surface area contributed by atoms with Gasteiger partial charge in [0, 0.05) is 17.4 Å². The van der Waals surface area contributed by atoms with Crippen LogP contribution in [-0.2, 0) is 0 Å². The number of hydrogen-bond donors (Lipinski definition) is 2. The lowest BCUT2D eigenvalue weighted by Crippen LogP contribution is -2.35. The zero-order chi connectivity index (χ0) is 14.5. The molecule has 0 saturated heterocycles. The molecule has 20 heavy (non-hydrogen) atoms. The number of nitrogens with zero attached hydrogens (tertiary/aromatic N) is 2. The zero-order valence-corrected chi connectivity index (χ0v) is 11.4. The minimum absolute atomic E-state index is 0.0833. The van der Waals surface area contributed by atoms with Gasteiger partial charge in [-0.05, 0) is 24.3 Å². The number of rotatable bonds is 2. The van der Waals surface area contributed by atoms with Gasteiger partial charge in [-0.25, -0.2) is 14.8 Å². The van der Waals surface area contributed by atoms with Crippen LogP contribution in [0.25, 0.3) is 0 Å². The summed E-state index contributed by atoms with van der Waals surface area (Å²) < 4.78 is 0. The number of hydrogen-bond acceptors (Lipinski definition) is 4. The van der Waals surface area contributed by atoms with Crippen molar-refractivity contribution in [2.75, 3.05) is 5.32 Å². The molecule has 0 saturated carbocycles. The monoisotopic (exact) mass is 310 g/mol. The van der Waals surface area contributed by atoms with E-state index in [0.717, 1.165) is 0 Å². The van der Waals surface area contributed by atoms with Crippen molar-refractivity contribution < 1.29 is 9.59 Å². The fourth-order valence-corrected chi connectivity index (χ4v) is 1.83. The van der Waals surface area contributed by atoms with Gasteiger partial charge >= 0.3 is 6.03 Å². The molecule has 2 N–H and O–H groups in total. The largest absolute Gasteiger partial charge is 0.328 e. The topological polar surface area (TPSA) is 84.0 Å². The van der Waals surface area contributed by atoms with E-state index in [1.54, 1.807) is 6.07 Å². The van der Waals surface area contributed by atoms with E-state index in [1.165, 1.54) is 30.6 Å². The summed E-state index contributed by atoms with van der Waals surface area (Å²) in [5, 5.41) is 4.97. The minimum Gasteiger partial charge on any atom is -0.276 e. The molecule has 1 heterocycles. The maximum Gasteiger partial charge on any atom is 0.328 e. The van der Waals surface area contributed by atoms with E-state index in [1.807, 2.05) is 0 Å². The van der Waals surface area contributed by atoms with Gasteiger partial charge in [0.2, 0.25) is 5.95 Å². The number of aromatic nitrogens is 2. The molecular formula is C12H8Cl2N4O2. The van der Waals surface area contributed by atoms with Crippen LogP contribution in [0.4, 0.5) is 10.7 Å². The Hall–Kier alpha value is -2.18. The average molecular weight is 311 g/mol. The van der Waals surface area contributed by atoms with Crippen LogP contribution >= 0.6 is 23.2 Å². The quantitative estimate of drug-likeness (QED) is 0.893. The van der Waals surface area contributed by atoms with Gasteiger partial charge in [0.25, 0.3) is 5.91 Å². The summed E-state index contributed by atoms with van der Waals surface area (Å²) in [7, 11) is 0. The fourth-order valence-electron chi connectivity index (χ4n) is 1.34. The first-order valence-corrected chi connectivity index (χ1v) is 6.16. The number of urea groups is 1. The maximum atomic E-state index is 11.8. The van der Waals surface area contributed by atoms with Crippen LogP contribution in [0.2, 0.25) is 10.0 Å². The Balaban J connectivity index is 2.02. The molecule has 0 bridgehead atoms. The van der Waals surface area contributed by atoms with Crippen molar-refractivity contribution in [2.24, 2.45) is 0 Å². The fraction of sp³-hybridized carbons (Fsp3) is 0. The van der Waals surface area contributed by atoms with Crippen molar-refractivity contribution in [1.82, 2.24) is 15.3 Å². The Morgan fingerprint density at radius 3 is 2.45 bits per heavy atom. The summed E-state index contributed by atoms with van der Waals surface area (Å²) in [6.07, 6.45) is 2.92. The van der Waals surface area contributed by atoms with Crippen molar-refractivity contribution in [1.29, 1.82) is 0 Å². The van der Waals surface area contributed by atoms with E-state index in [0.29, 0.717) is 5.02 Å². The summed E-state index contributed by atoms with van der Waals surface area (Å²) in [6.45, 7) is 0. The highest BCUT2D eigenvalue weighted by atomic mass is 35.5. The van der Waals surface area contributed by atoms with Gasteiger partial charge in [0.1, 0.15) is 0 Å². The molecule has 0 spiro atoms. The number of halogens is 2. The second-order valence-corrected chi connectivity index (χ2v) is 4.45. The second kappa shape index (κ2) is 6.31. The van der Waals surface area contributed by atoms with Crippen molar-refractivity contribution in [3.8, 4) is 0 Å². The van der Waals surface area contributed by atoms with Gasteiger partial charge in [-0.2, -0.15) is 0 Å². The summed E-state index contributed by atoms with van der Waals surface area (Å²) in [6, 6.07) is 5.18. The number of amides is 3. The predicted octanol–water partition coefficient (Wildman–Crippen LogP) is 2.75. The molecule has 6 nitrogen and oxygen atoms in total. The average Bonchev–Trinajstić information content (AvgIpc) is 2.39. The van der Waals surface area contributed by atoms with Crippen molar-refractivity contribution in [3.05, 3.63) is 52.3 Å². The lowest BCUT2D eigenvalue weighted by Gasteiger charge is -2.06. The first-order chi connectivity index (χ1) is 9.56. The maximum absolute atomic E-state index is 11.8. The summed E-state index contributed by atoms with van der Waals surface area (Å²) in [5.74, 6) is -0.569. The van der Waals surface area contributed by atoms with Crippen LogP contribution < -0.4 is 10.6 Å². The Morgan fingerprint density at radius 1 is 1.10 bits per heavy atom. The Labute approximate surface area is 124 Å². The molecule has 0 unspecified atom stereocenters. The molecule has 8 heteroatoms. The third-order valence-electron chi connectivity index (χ3n) is 2.19. The number of nitrogens with one attached hydrogen (secondary N) is 2. The SMILES string of the molecule is O=C(NC(=O)c1ccc(Cl)cc1Cl)Nc1ncccn1. The third-order valence-corrected chi connectivity index (χ3v) is 2.74. The molecule has 1 aromatic carbocycles. The first-order valence-electron chi connectivity index (χ1n) is 5.40. The van der Waals surface area contributed by atoms with E-state index in [-0.39, 0.29) is 16.5 Å². The highest BCUT2D eigenvalue weighted by Crippen LogP contribution is 2.20. The summed E-state index contributed by atoms with van der Waals surface area (Å²) in [4.78, 5) is 31.0. The Morgan fingerprint density at radius 2 is 1.80 bits per heavy atom. The van der Waals surface area contributed by atoms with E-state index >= 15 is 0 Å². The van der Waals surface area contributed by atoms with Crippen LogP contribution in [0.15, 0.2) is 36.7 Å². The zero-order valence-electron chi connectivity index (χ0n) is 9.93. The van der Waals surface area contributed by atoms with Crippen LogP contribution in [0, 0.1) is 0 Å². The van der Waals surface area contributed by atoms with E-state index in [2.05, 4.69) is 20.6 Å². The van der Waals surface area contributed by atoms with Gasteiger partial charge in [-0.15, -0.1) is 0 Å². The lowest BCUT2D eigenvalue weighted by atomic mass is 10.2. The van der Waals surface area contributed by atoms with Gasteiger partial charge in [0.15, 0.2) is 0 Å². The second-order valence-electron chi connectivity index (χ2n) is 3.60. The highest BCUT2D eigenvalue weighted by molar-refractivity contribution is 6.37. The molecule has 0 aliphatic carbocycles. The lowest BCUT2D eigenvalue weighted by molar-refractivity contribution is 0.0967. The third kappa shape index (κ3) is 3.66. The summed E-state index contributed by atoms with van der Waals surface area (Å²) >= 11 is 11.6. The van der Waals surface area contributed by atoms with E-state index in [9.17, 15) is 9.59 Å². The van der Waals surface area contributed by atoms with Crippen molar-refractivity contribution in [3.63, 3.8) is 0 Å². The minimum atomic E-state index is -0.757. The number of anilines is 1. The normalized spacial score (nSPS) is 9.90. The van der Waals surface area contributed by atoms with Crippen molar-refractivity contribution >= 4 is 41.1 Å². The Bertz CT molecular complexity index is 649. The number of imide groups is 1. The molecule has 3 amide bonds. The summed E-state index contributed by atoms with van der Waals surface area (Å²) in [5.41, 5.74) is 0.139.